The summed E-state index contributed by atoms with van der Waals surface area (Å²) >= 11 is 0. The number of rotatable bonds is 4. The Labute approximate surface area is 111 Å². The van der Waals surface area contributed by atoms with Crippen LogP contribution in [-0.4, -0.2) is 0 Å². The number of nitrogen functional groups attached to an aromatic ring is 1. The molecule has 3 N–H and O–H groups in total. The first-order chi connectivity index (χ1) is 9.11. The maximum Gasteiger partial charge on any atom is 0.265 e. The third kappa shape index (κ3) is 3.02. The van der Waals surface area contributed by atoms with Crippen LogP contribution in [0.4, 0.5) is 25.8 Å². The first kappa shape index (κ1) is 13.3. The second-order valence-corrected chi connectivity index (χ2v) is 4.28. The molecule has 0 unspecified atom stereocenters. The van der Waals surface area contributed by atoms with Crippen LogP contribution >= 0.6 is 0 Å². The van der Waals surface area contributed by atoms with E-state index >= 15 is 0 Å². The first-order valence-electron chi connectivity index (χ1n) is 6.14. The molecule has 0 spiro atoms. The van der Waals surface area contributed by atoms with Crippen molar-refractivity contribution in [3.8, 4) is 0 Å². The Hall–Kier alpha value is -2.10. The summed E-state index contributed by atoms with van der Waals surface area (Å²) in [4.78, 5) is 0. The number of para-hydroxylation sites is 1. The molecule has 0 aromatic heterocycles. The zero-order valence-corrected chi connectivity index (χ0v) is 10.7. The van der Waals surface area contributed by atoms with Crippen molar-refractivity contribution < 1.29 is 8.78 Å². The molecule has 2 nitrogen and oxygen atoms in total. The molecule has 0 saturated heterocycles. The van der Waals surface area contributed by atoms with E-state index in [4.69, 9.17) is 5.73 Å². The van der Waals surface area contributed by atoms with Gasteiger partial charge in [-0.2, -0.15) is 0 Å². The van der Waals surface area contributed by atoms with E-state index in [-0.39, 0.29) is 5.56 Å². The maximum atomic E-state index is 13.0. The standard InChI is InChI=1S/C15H16F2N2/c1-2-10-5-3-4-6-13(10)19-14-8-7-11(18)9-12(14)15(16)17/h3-9,15,19H,2,18H2,1H3. The van der Waals surface area contributed by atoms with Crippen molar-refractivity contribution in [2.24, 2.45) is 0 Å². The molecular weight excluding hydrogens is 246 g/mol. The summed E-state index contributed by atoms with van der Waals surface area (Å²) in [5.41, 5.74) is 8.13. The van der Waals surface area contributed by atoms with Gasteiger partial charge in [0, 0.05) is 22.6 Å². The van der Waals surface area contributed by atoms with Gasteiger partial charge in [-0.1, -0.05) is 25.1 Å². The fourth-order valence-corrected chi connectivity index (χ4v) is 1.97. The molecular formula is C15H16F2N2. The number of hydrogen-bond donors (Lipinski definition) is 2. The summed E-state index contributed by atoms with van der Waals surface area (Å²) < 4.78 is 26.0. The van der Waals surface area contributed by atoms with Gasteiger partial charge in [0.15, 0.2) is 0 Å². The zero-order valence-electron chi connectivity index (χ0n) is 10.7. The van der Waals surface area contributed by atoms with E-state index in [1.165, 1.54) is 6.07 Å². The molecule has 0 amide bonds. The number of benzene rings is 2. The van der Waals surface area contributed by atoms with Crippen LogP contribution in [0.1, 0.15) is 24.5 Å². The Kier molecular flexibility index (Phi) is 4.00. The highest BCUT2D eigenvalue weighted by Crippen LogP contribution is 2.32. The maximum absolute atomic E-state index is 13.0. The molecule has 2 rings (SSSR count). The minimum Gasteiger partial charge on any atom is -0.399 e. The highest BCUT2D eigenvalue weighted by atomic mass is 19.3. The van der Waals surface area contributed by atoms with E-state index in [0.717, 1.165) is 17.7 Å². The van der Waals surface area contributed by atoms with Crippen molar-refractivity contribution in [1.29, 1.82) is 0 Å². The molecule has 0 heterocycles. The SMILES string of the molecule is CCc1ccccc1Nc1ccc(N)cc1C(F)F. The largest absolute Gasteiger partial charge is 0.399 e. The Morgan fingerprint density at radius 2 is 1.84 bits per heavy atom. The number of halogens is 2. The fraction of sp³-hybridized carbons (Fsp3) is 0.200. The summed E-state index contributed by atoms with van der Waals surface area (Å²) in [5, 5.41) is 3.07. The van der Waals surface area contributed by atoms with Crippen LogP contribution in [0.3, 0.4) is 0 Å². The van der Waals surface area contributed by atoms with E-state index in [9.17, 15) is 8.78 Å². The van der Waals surface area contributed by atoms with Gasteiger partial charge in [-0.25, -0.2) is 8.78 Å². The third-order valence-electron chi connectivity index (χ3n) is 2.98. The smallest absolute Gasteiger partial charge is 0.265 e. The first-order valence-corrected chi connectivity index (χ1v) is 6.14. The lowest BCUT2D eigenvalue weighted by molar-refractivity contribution is 0.152. The van der Waals surface area contributed by atoms with Crippen molar-refractivity contribution >= 4 is 17.1 Å². The van der Waals surface area contributed by atoms with E-state index < -0.39 is 6.43 Å². The minimum absolute atomic E-state index is 0.0779. The zero-order chi connectivity index (χ0) is 13.8. The second-order valence-electron chi connectivity index (χ2n) is 4.28. The average Bonchev–Trinajstić information content (AvgIpc) is 2.41. The van der Waals surface area contributed by atoms with E-state index in [1.807, 2.05) is 31.2 Å². The molecule has 0 aliphatic heterocycles. The van der Waals surface area contributed by atoms with Crippen LogP contribution in [-0.2, 0) is 6.42 Å². The fourth-order valence-electron chi connectivity index (χ4n) is 1.97. The molecule has 2 aromatic rings. The summed E-state index contributed by atoms with van der Waals surface area (Å²) in [6, 6.07) is 12.2. The lowest BCUT2D eigenvalue weighted by atomic mass is 10.1. The van der Waals surface area contributed by atoms with Gasteiger partial charge in [-0.15, -0.1) is 0 Å². The summed E-state index contributed by atoms with van der Waals surface area (Å²) in [5.74, 6) is 0. The monoisotopic (exact) mass is 262 g/mol. The number of nitrogens with two attached hydrogens (primary N) is 1. The number of aryl methyl sites for hydroxylation is 1. The van der Waals surface area contributed by atoms with Crippen LogP contribution in [0, 0.1) is 0 Å². The summed E-state index contributed by atoms with van der Waals surface area (Å²) in [6.45, 7) is 2.03. The minimum atomic E-state index is -2.56. The average molecular weight is 262 g/mol. The van der Waals surface area contributed by atoms with E-state index in [1.54, 1.807) is 12.1 Å². The molecule has 4 heteroatoms. The second kappa shape index (κ2) is 5.69. The quantitative estimate of drug-likeness (QED) is 0.795. The Bertz CT molecular complexity index is 568. The third-order valence-corrected chi connectivity index (χ3v) is 2.98. The normalized spacial score (nSPS) is 10.7. The van der Waals surface area contributed by atoms with Crippen molar-refractivity contribution in [3.05, 3.63) is 53.6 Å². The molecule has 0 aliphatic rings. The molecule has 2 aromatic carbocycles. The van der Waals surface area contributed by atoms with Crippen LogP contribution in [0.25, 0.3) is 0 Å². The van der Waals surface area contributed by atoms with E-state index in [0.29, 0.717) is 11.4 Å². The van der Waals surface area contributed by atoms with Gasteiger partial charge in [-0.05, 0) is 36.2 Å². The Morgan fingerprint density at radius 3 is 2.53 bits per heavy atom. The van der Waals surface area contributed by atoms with Gasteiger partial charge in [0.1, 0.15) is 0 Å². The number of alkyl halides is 2. The lowest BCUT2D eigenvalue weighted by Gasteiger charge is -2.14. The van der Waals surface area contributed by atoms with Gasteiger partial charge in [-0.3, -0.25) is 0 Å². The van der Waals surface area contributed by atoms with Gasteiger partial charge in [0.05, 0.1) is 0 Å². The van der Waals surface area contributed by atoms with Crippen LogP contribution in [0.15, 0.2) is 42.5 Å². The molecule has 0 atom stereocenters. The molecule has 0 fully saturated rings. The molecule has 0 aliphatic carbocycles. The van der Waals surface area contributed by atoms with Gasteiger partial charge in [0.25, 0.3) is 6.43 Å². The van der Waals surface area contributed by atoms with E-state index in [2.05, 4.69) is 5.32 Å². The van der Waals surface area contributed by atoms with Crippen LogP contribution in [0.2, 0.25) is 0 Å². The topological polar surface area (TPSA) is 38.0 Å². The van der Waals surface area contributed by atoms with Gasteiger partial charge >= 0.3 is 0 Å². The molecule has 0 saturated carbocycles. The molecule has 0 bridgehead atoms. The van der Waals surface area contributed by atoms with Crippen molar-refractivity contribution in [1.82, 2.24) is 0 Å². The van der Waals surface area contributed by atoms with Gasteiger partial charge < -0.3 is 11.1 Å². The van der Waals surface area contributed by atoms with Crippen LogP contribution < -0.4 is 11.1 Å². The molecule has 100 valence electrons. The molecule has 19 heavy (non-hydrogen) atoms. The van der Waals surface area contributed by atoms with Crippen LogP contribution in [0.5, 0.6) is 0 Å². The van der Waals surface area contributed by atoms with Crippen molar-refractivity contribution in [2.45, 2.75) is 19.8 Å². The number of nitrogens with one attached hydrogen (secondary N) is 1. The highest BCUT2D eigenvalue weighted by Gasteiger charge is 2.14. The Morgan fingerprint density at radius 1 is 1.11 bits per heavy atom. The van der Waals surface area contributed by atoms with Gasteiger partial charge in [0.2, 0.25) is 0 Å². The number of anilines is 3. The predicted octanol–water partition coefficient (Wildman–Crippen LogP) is 4.51. The Balaban J connectivity index is 2.38. The molecule has 0 radical (unpaired) electrons. The predicted molar refractivity (Wildman–Crippen MR) is 74.9 cm³/mol. The summed E-state index contributed by atoms with van der Waals surface area (Å²) in [7, 11) is 0. The summed E-state index contributed by atoms with van der Waals surface area (Å²) in [6.07, 6.45) is -1.72. The highest BCUT2D eigenvalue weighted by molar-refractivity contribution is 5.68. The lowest BCUT2D eigenvalue weighted by Crippen LogP contribution is -2.00. The van der Waals surface area contributed by atoms with Crippen molar-refractivity contribution in [2.75, 3.05) is 11.1 Å². The van der Waals surface area contributed by atoms with Crippen molar-refractivity contribution in [3.63, 3.8) is 0 Å². The number of hydrogen-bond acceptors (Lipinski definition) is 2.